The van der Waals surface area contributed by atoms with Crippen molar-refractivity contribution in [1.82, 2.24) is 9.88 Å². The Bertz CT molecular complexity index is 1390. The summed E-state index contributed by atoms with van der Waals surface area (Å²) >= 11 is 0. The summed E-state index contributed by atoms with van der Waals surface area (Å²) in [5.41, 5.74) is 2.10. The summed E-state index contributed by atoms with van der Waals surface area (Å²) < 4.78 is 24.6. The quantitative estimate of drug-likeness (QED) is 0.454. The van der Waals surface area contributed by atoms with Gasteiger partial charge in [-0.2, -0.15) is 0 Å². The minimum Gasteiger partial charge on any atom is -0.486 e. The van der Waals surface area contributed by atoms with E-state index in [1.54, 1.807) is 36.4 Å². The van der Waals surface area contributed by atoms with Crippen LogP contribution >= 0.6 is 0 Å². The fourth-order valence-corrected chi connectivity index (χ4v) is 3.84. The first-order valence-electron chi connectivity index (χ1n) is 10.9. The molecule has 1 aliphatic rings. The molecule has 0 fully saturated rings. The van der Waals surface area contributed by atoms with Crippen molar-refractivity contribution in [3.63, 3.8) is 0 Å². The van der Waals surface area contributed by atoms with E-state index < -0.39 is 0 Å². The maximum atomic E-state index is 13.4. The number of aromatic nitrogens is 1. The van der Waals surface area contributed by atoms with Gasteiger partial charge in [-0.25, -0.2) is 9.18 Å². The van der Waals surface area contributed by atoms with Crippen LogP contribution in [0.15, 0.2) is 77.6 Å². The molecule has 2 N–H and O–H groups in total. The number of nitrogens with one attached hydrogen (secondary N) is 2. The third-order valence-corrected chi connectivity index (χ3v) is 5.54. The summed E-state index contributed by atoms with van der Waals surface area (Å²) in [6, 6.07) is 19.9. The van der Waals surface area contributed by atoms with E-state index in [-0.39, 0.29) is 30.5 Å². The first-order chi connectivity index (χ1) is 16.5. The number of anilines is 1. The minimum absolute atomic E-state index is 0.0513. The van der Waals surface area contributed by atoms with Crippen LogP contribution in [0.5, 0.6) is 11.5 Å². The SMILES string of the molecule is O=C(Nc1ccccc1)N(Cc1ccc(F)cc1)Cc1cc2cc3c(cc2[nH]c1=O)OCCO3. The van der Waals surface area contributed by atoms with Crippen LogP contribution < -0.4 is 20.3 Å². The van der Waals surface area contributed by atoms with Gasteiger partial charge in [0.15, 0.2) is 11.5 Å². The molecule has 172 valence electrons. The Morgan fingerprint density at radius 1 is 0.941 bits per heavy atom. The molecule has 2 heterocycles. The number of carbonyl (C=O) groups is 1. The molecule has 7 nitrogen and oxygen atoms in total. The lowest BCUT2D eigenvalue weighted by atomic mass is 10.1. The molecule has 3 aromatic carbocycles. The van der Waals surface area contributed by atoms with Gasteiger partial charge in [0.05, 0.1) is 12.1 Å². The van der Waals surface area contributed by atoms with Gasteiger partial charge in [0.25, 0.3) is 5.56 Å². The van der Waals surface area contributed by atoms with E-state index >= 15 is 0 Å². The fraction of sp³-hybridized carbons (Fsp3) is 0.154. The summed E-state index contributed by atoms with van der Waals surface area (Å²) in [6.45, 7) is 1.16. The Hall–Kier alpha value is -4.33. The van der Waals surface area contributed by atoms with Gasteiger partial charge in [-0.3, -0.25) is 4.79 Å². The van der Waals surface area contributed by atoms with Gasteiger partial charge in [0.2, 0.25) is 0 Å². The Labute approximate surface area is 194 Å². The van der Waals surface area contributed by atoms with E-state index in [0.717, 1.165) is 10.9 Å². The average molecular weight is 459 g/mol. The van der Waals surface area contributed by atoms with Gasteiger partial charge in [0, 0.05) is 29.2 Å². The standard InChI is InChI=1S/C26H22FN3O4/c27-20-8-6-17(7-9-20)15-30(26(32)28-21-4-2-1-3-5-21)16-19-12-18-13-23-24(34-11-10-33-23)14-22(18)29-25(19)31/h1-9,12-14H,10-11,15-16H2,(H,28,32)(H,29,31). The van der Waals surface area contributed by atoms with Crippen LogP contribution in [0.3, 0.4) is 0 Å². The van der Waals surface area contributed by atoms with E-state index in [0.29, 0.717) is 41.5 Å². The Morgan fingerprint density at radius 3 is 2.38 bits per heavy atom. The number of hydrogen-bond acceptors (Lipinski definition) is 4. The Balaban J connectivity index is 1.46. The monoisotopic (exact) mass is 459 g/mol. The molecule has 8 heteroatoms. The highest BCUT2D eigenvalue weighted by molar-refractivity contribution is 5.89. The van der Waals surface area contributed by atoms with Crippen molar-refractivity contribution in [3.05, 3.63) is 100 Å². The summed E-state index contributed by atoms with van der Waals surface area (Å²) in [5, 5.41) is 3.62. The van der Waals surface area contributed by atoms with E-state index in [1.165, 1.54) is 17.0 Å². The number of carbonyl (C=O) groups excluding carboxylic acids is 1. The average Bonchev–Trinajstić information content (AvgIpc) is 2.85. The van der Waals surface area contributed by atoms with Gasteiger partial charge < -0.3 is 24.7 Å². The molecule has 5 rings (SSSR count). The topological polar surface area (TPSA) is 83.7 Å². The second-order valence-corrected chi connectivity index (χ2v) is 7.99. The van der Waals surface area contributed by atoms with Crippen molar-refractivity contribution in [2.24, 2.45) is 0 Å². The molecule has 1 aromatic heterocycles. The number of halogens is 1. The molecule has 0 saturated carbocycles. The number of rotatable bonds is 5. The number of aromatic amines is 1. The number of H-pyrrole nitrogens is 1. The van der Waals surface area contributed by atoms with Crippen LogP contribution in [-0.2, 0) is 13.1 Å². The van der Waals surface area contributed by atoms with Crippen LogP contribution in [0.4, 0.5) is 14.9 Å². The normalized spacial score (nSPS) is 12.4. The second-order valence-electron chi connectivity index (χ2n) is 7.99. The molecule has 1 aliphatic heterocycles. The number of urea groups is 1. The van der Waals surface area contributed by atoms with Gasteiger partial charge in [0.1, 0.15) is 19.0 Å². The largest absolute Gasteiger partial charge is 0.486 e. The van der Waals surface area contributed by atoms with E-state index in [2.05, 4.69) is 10.3 Å². The van der Waals surface area contributed by atoms with Gasteiger partial charge in [-0.15, -0.1) is 0 Å². The molecule has 2 amide bonds. The maximum Gasteiger partial charge on any atom is 0.322 e. The summed E-state index contributed by atoms with van der Waals surface area (Å²) in [7, 11) is 0. The summed E-state index contributed by atoms with van der Waals surface area (Å²) in [6.07, 6.45) is 0. The van der Waals surface area contributed by atoms with Crippen LogP contribution in [0.2, 0.25) is 0 Å². The van der Waals surface area contributed by atoms with Crippen molar-refractivity contribution >= 4 is 22.6 Å². The summed E-state index contributed by atoms with van der Waals surface area (Å²) in [4.78, 5) is 30.4. The molecule has 0 aliphatic carbocycles. The number of hydrogen-bond donors (Lipinski definition) is 2. The number of pyridine rings is 1. The molecule has 0 bridgehead atoms. The molecule has 0 radical (unpaired) electrons. The highest BCUT2D eigenvalue weighted by Crippen LogP contribution is 2.33. The lowest BCUT2D eigenvalue weighted by molar-refractivity contribution is 0.172. The van der Waals surface area contributed by atoms with Crippen molar-refractivity contribution in [1.29, 1.82) is 0 Å². The molecule has 0 saturated heterocycles. The van der Waals surface area contributed by atoms with E-state index in [4.69, 9.17) is 9.47 Å². The number of ether oxygens (including phenoxy) is 2. The smallest absolute Gasteiger partial charge is 0.322 e. The van der Waals surface area contributed by atoms with Crippen molar-refractivity contribution in [2.75, 3.05) is 18.5 Å². The lowest BCUT2D eigenvalue weighted by Gasteiger charge is -2.23. The minimum atomic E-state index is -0.378. The zero-order valence-electron chi connectivity index (χ0n) is 18.2. The molecular formula is C26H22FN3O4. The first kappa shape index (κ1) is 21.5. The predicted molar refractivity (Wildman–Crippen MR) is 127 cm³/mol. The molecular weight excluding hydrogens is 437 g/mol. The highest BCUT2D eigenvalue weighted by atomic mass is 19.1. The molecule has 0 spiro atoms. The maximum absolute atomic E-state index is 13.4. The van der Waals surface area contributed by atoms with Gasteiger partial charge in [-0.1, -0.05) is 30.3 Å². The molecule has 34 heavy (non-hydrogen) atoms. The van der Waals surface area contributed by atoms with Gasteiger partial charge >= 0.3 is 6.03 Å². The van der Waals surface area contributed by atoms with Crippen LogP contribution in [-0.4, -0.2) is 29.1 Å². The third kappa shape index (κ3) is 4.71. The van der Waals surface area contributed by atoms with E-state index in [9.17, 15) is 14.0 Å². The zero-order valence-corrected chi connectivity index (χ0v) is 18.2. The van der Waals surface area contributed by atoms with Crippen LogP contribution in [0, 0.1) is 5.82 Å². The molecule has 0 atom stereocenters. The lowest BCUT2D eigenvalue weighted by Crippen LogP contribution is -2.35. The molecule has 4 aromatic rings. The highest BCUT2D eigenvalue weighted by Gasteiger charge is 2.19. The van der Waals surface area contributed by atoms with Crippen LogP contribution in [0.1, 0.15) is 11.1 Å². The molecule has 0 unspecified atom stereocenters. The number of para-hydroxylation sites is 1. The zero-order chi connectivity index (χ0) is 23.5. The van der Waals surface area contributed by atoms with Crippen molar-refractivity contribution in [2.45, 2.75) is 13.1 Å². The number of fused-ring (bicyclic) bond motifs is 2. The van der Waals surface area contributed by atoms with Crippen LogP contribution in [0.25, 0.3) is 10.9 Å². The Morgan fingerprint density at radius 2 is 1.65 bits per heavy atom. The van der Waals surface area contributed by atoms with Crippen molar-refractivity contribution in [3.8, 4) is 11.5 Å². The van der Waals surface area contributed by atoms with Gasteiger partial charge in [-0.05, 0) is 42.0 Å². The number of nitrogens with zero attached hydrogens (tertiary/aromatic N) is 1. The summed E-state index contributed by atoms with van der Waals surface area (Å²) in [5.74, 6) is 0.841. The first-order valence-corrected chi connectivity index (χ1v) is 10.9. The second kappa shape index (κ2) is 9.27. The van der Waals surface area contributed by atoms with E-state index in [1.807, 2.05) is 24.3 Å². The predicted octanol–water partition coefficient (Wildman–Crippen LogP) is 4.67. The Kier molecular flexibility index (Phi) is 5.86. The van der Waals surface area contributed by atoms with Crippen molar-refractivity contribution < 1.29 is 18.7 Å². The number of benzene rings is 3. The fourth-order valence-electron chi connectivity index (χ4n) is 3.84. The third-order valence-electron chi connectivity index (χ3n) is 5.54. The number of amides is 2.